The lowest BCUT2D eigenvalue weighted by Gasteiger charge is -2.26. The molecular formula is C12H14Cl2N2O3S. The molecule has 20 heavy (non-hydrogen) atoms. The zero-order chi connectivity index (χ0) is 15.0. The first-order valence-corrected chi connectivity index (χ1v) is 8.30. The number of carbonyl (C=O) groups excluding carboxylic acids is 1. The number of nitrogens with two attached hydrogens (primary N) is 1. The van der Waals surface area contributed by atoms with E-state index >= 15 is 0 Å². The lowest BCUT2D eigenvalue weighted by molar-refractivity contribution is -0.123. The van der Waals surface area contributed by atoms with Gasteiger partial charge in [0.1, 0.15) is 10.4 Å². The Labute approximate surface area is 127 Å². The molecule has 0 aliphatic heterocycles. The minimum absolute atomic E-state index is 0.00242. The average molecular weight is 337 g/mol. The number of nitrogens with one attached hydrogen (secondary N) is 1. The summed E-state index contributed by atoms with van der Waals surface area (Å²) in [6, 6.07) is 4.39. The number of hydrogen-bond acceptors (Lipinski definition) is 3. The topological polar surface area (TPSA) is 89.3 Å². The highest BCUT2D eigenvalue weighted by atomic mass is 35.5. The standard InChI is InChI=1S/C12H14Cl2N2O3S/c13-8-4-3-5-9(14)10(8)20(18,19)16-12(11(15)17)6-1-2-7-12/h3-5,16H,1-2,6-7H2,(H2,15,17). The van der Waals surface area contributed by atoms with Crippen LogP contribution in [0.2, 0.25) is 10.0 Å². The van der Waals surface area contributed by atoms with Crippen LogP contribution in [0.3, 0.4) is 0 Å². The van der Waals surface area contributed by atoms with Crippen molar-refractivity contribution in [2.75, 3.05) is 0 Å². The van der Waals surface area contributed by atoms with Gasteiger partial charge in [-0.2, -0.15) is 4.72 Å². The van der Waals surface area contributed by atoms with Crippen molar-refractivity contribution in [2.24, 2.45) is 5.73 Å². The van der Waals surface area contributed by atoms with E-state index < -0.39 is 21.5 Å². The van der Waals surface area contributed by atoms with Crippen LogP contribution in [0.25, 0.3) is 0 Å². The molecule has 1 aliphatic rings. The summed E-state index contributed by atoms with van der Waals surface area (Å²) in [6.45, 7) is 0. The minimum atomic E-state index is -4.02. The summed E-state index contributed by atoms with van der Waals surface area (Å²) in [5, 5.41) is 0.00485. The number of hydrogen-bond donors (Lipinski definition) is 2. The van der Waals surface area contributed by atoms with Gasteiger partial charge in [-0.05, 0) is 25.0 Å². The Morgan fingerprint density at radius 3 is 2.15 bits per heavy atom. The highest BCUT2D eigenvalue weighted by Crippen LogP contribution is 2.34. The Morgan fingerprint density at radius 2 is 1.70 bits per heavy atom. The van der Waals surface area contributed by atoms with E-state index in [0.29, 0.717) is 12.8 Å². The highest BCUT2D eigenvalue weighted by Gasteiger charge is 2.43. The summed E-state index contributed by atoms with van der Waals surface area (Å²) in [7, 11) is -4.02. The van der Waals surface area contributed by atoms with Gasteiger partial charge in [-0.25, -0.2) is 8.42 Å². The van der Waals surface area contributed by atoms with E-state index in [-0.39, 0.29) is 14.9 Å². The van der Waals surface area contributed by atoms with Crippen LogP contribution in [0.4, 0.5) is 0 Å². The second kappa shape index (κ2) is 5.52. The molecule has 0 saturated heterocycles. The maximum absolute atomic E-state index is 12.5. The molecule has 3 N–H and O–H groups in total. The molecule has 5 nitrogen and oxygen atoms in total. The van der Waals surface area contributed by atoms with Gasteiger partial charge in [-0.15, -0.1) is 0 Å². The predicted molar refractivity (Wildman–Crippen MR) is 77.2 cm³/mol. The van der Waals surface area contributed by atoms with E-state index in [1.54, 1.807) is 6.07 Å². The Bertz CT molecular complexity index is 620. The van der Waals surface area contributed by atoms with Crippen molar-refractivity contribution in [3.63, 3.8) is 0 Å². The molecule has 0 heterocycles. The SMILES string of the molecule is NC(=O)C1(NS(=O)(=O)c2c(Cl)cccc2Cl)CCCC1. The molecule has 8 heteroatoms. The van der Waals surface area contributed by atoms with E-state index in [1.165, 1.54) is 12.1 Å². The van der Waals surface area contributed by atoms with Gasteiger partial charge in [0.05, 0.1) is 10.0 Å². The van der Waals surface area contributed by atoms with Gasteiger partial charge < -0.3 is 5.73 Å². The monoisotopic (exact) mass is 336 g/mol. The van der Waals surface area contributed by atoms with Crippen molar-refractivity contribution in [1.29, 1.82) is 0 Å². The van der Waals surface area contributed by atoms with Gasteiger partial charge in [-0.3, -0.25) is 4.79 Å². The van der Waals surface area contributed by atoms with Crippen LogP contribution in [0.1, 0.15) is 25.7 Å². The number of primary amides is 1. The van der Waals surface area contributed by atoms with Crippen molar-refractivity contribution < 1.29 is 13.2 Å². The van der Waals surface area contributed by atoms with E-state index in [9.17, 15) is 13.2 Å². The van der Waals surface area contributed by atoms with Crippen molar-refractivity contribution in [3.8, 4) is 0 Å². The normalized spacial score (nSPS) is 18.1. The van der Waals surface area contributed by atoms with Crippen LogP contribution >= 0.6 is 23.2 Å². The molecule has 2 rings (SSSR count). The summed E-state index contributed by atoms with van der Waals surface area (Å²) in [4.78, 5) is 11.4. The Hall–Kier alpha value is -0.820. The average Bonchev–Trinajstić information content (AvgIpc) is 2.77. The summed E-state index contributed by atoms with van der Waals surface area (Å²) in [5.74, 6) is -0.679. The number of halogens is 2. The predicted octanol–water partition coefficient (Wildman–Crippen LogP) is 2.07. The van der Waals surface area contributed by atoms with Gasteiger partial charge in [0.25, 0.3) is 0 Å². The Balaban J connectivity index is 2.44. The molecule has 1 fully saturated rings. The van der Waals surface area contributed by atoms with Crippen molar-refractivity contribution in [2.45, 2.75) is 36.1 Å². The third-order valence-corrected chi connectivity index (χ3v) is 5.94. The molecule has 1 amide bonds. The van der Waals surface area contributed by atoms with Gasteiger partial charge in [0.2, 0.25) is 15.9 Å². The van der Waals surface area contributed by atoms with E-state index in [0.717, 1.165) is 12.8 Å². The fourth-order valence-electron chi connectivity index (χ4n) is 2.42. The third kappa shape index (κ3) is 2.79. The molecule has 0 atom stereocenters. The molecule has 110 valence electrons. The lowest BCUT2D eigenvalue weighted by Crippen LogP contribution is -2.55. The Morgan fingerprint density at radius 1 is 1.20 bits per heavy atom. The summed E-state index contributed by atoms with van der Waals surface area (Å²) in [6.07, 6.45) is 2.23. The molecule has 0 spiro atoms. The second-order valence-electron chi connectivity index (χ2n) is 4.81. The minimum Gasteiger partial charge on any atom is -0.368 e. The van der Waals surface area contributed by atoms with Crippen molar-refractivity contribution in [3.05, 3.63) is 28.2 Å². The lowest BCUT2D eigenvalue weighted by atomic mass is 9.99. The number of amides is 1. The summed E-state index contributed by atoms with van der Waals surface area (Å²) >= 11 is 11.8. The van der Waals surface area contributed by atoms with Crippen molar-refractivity contribution >= 4 is 39.1 Å². The first-order valence-electron chi connectivity index (χ1n) is 6.06. The Kier molecular flexibility index (Phi) is 4.30. The maximum atomic E-state index is 12.5. The molecule has 0 unspecified atom stereocenters. The first kappa shape index (κ1) is 15.6. The fourth-order valence-corrected chi connectivity index (χ4v) is 5.00. The smallest absolute Gasteiger partial charge is 0.244 e. The molecule has 0 aromatic heterocycles. The molecule has 0 radical (unpaired) electrons. The van der Waals surface area contributed by atoms with Gasteiger partial charge in [0, 0.05) is 0 Å². The zero-order valence-corrected chi connectivity index (χ0v) is 12.9. The number of benzene rings is 1. The largest absolute Gasteiger partial charge is 0.368 e. The van der Waals surface area contributed by atoms with E-state index in [1.807, 2.05) is 0 Å². The van der Waals surface area contributed by atoms with Crippen LogP contribution in [0.15, 0.2) is 23.1 Å². The highest BCUT2D eigenvalue weighted by molar-refractivity contribution is 7.89. The molecule has 1 saturated carbocycles. The fraction of sp³-hybridized carbons (Fsp3) is 0.417. The number of sulfonamides is 1. The van der Waals surface area contributed by atoms with Gasteiger partial charge in [0.15, 0.2) is 0 Å². The van der Waals surface area contributed by atoms with Crippen LogP contribution in [0.5, 0.6) is 0 Å². The zero-order valence-electron chi connectivity index (χ0n) is 10.5. The molecule has 1 aliphatic carbocycles. The van der Waals surface area contributed by atoms with Crippen molar-refractivity contribution in [1.82, 2.24) is 4.72 Å². The number of rotatable bonds is 4. The van der Waals surface area contributed by atoms with Crippen LogP contribution < -0.4 is 10.5 Å². The first-order chi connectivity index (χ1) is 9.28. The van der Waals surface area contributed by atoms with Crippen LogP contribution in [-0.4, -0.2) is 19.9 Å². The summed E-state index contributed by atoms with van der Waals surface area (Å²) in [5.41, 5.74) is 4.11. The molecule has 0 bridgehead atoms. The van der Waals surface area contributed by atoms with Crippen LogP contribution in [-0.2, 0) is 14.8 Å². The number of carbonyl (C=O) groups is 1. The molecule has 1 aromatic rings. The maximum Gasteiger partial charge on any atom is 0.244 e. The quantitative estimate of drug-likeness (QED) is 0.881. The van der Waals surface area contributed by atoms with Crippen LogP contribution in [0, 0.1) is 0 Å². The summed E-state index contributed by atoms with van der Waals surface area (Å²) < 4.78 is 27.3. The molecule has 1 aromatic carbocycles. The third-order valence-electron chi connectivity index (χ3n) is 3.45. The second-order valence-corrected chi connectivity index (χ2v) is 7.24. The molecular weight excluding hydrogens is 323 g/mol. The van der Waals surface area contributed by atoms with E-state index in [2.05, 4.69) is 4.72 Å². The van der Waals surface area contributed by atoms with E-state index in [4.69, 9.17) is 28.9 Å². The van der Waals surface area contributed by atoms with Gasteiger partial charge in [-0.1, -0.05) is 42.1 Å². The van der Waals surface area contributed by atoms with Gasteiger partial charge >= 0.3 is 0 Å².